The van der Waals surface area contributed by atoms with E-state index in [0.717, 1.165) is 12.8 Å². The molecule has 4 aromatic rings. The number of guanidine groups is 1. The van der Waals surface area contributed by atoms with Gasteiger partial charge in [-0.2, -0.15) is 0 Å². The predicted octanol–water partition coefficient (Wildman–Crippen LogP) is 4.54. The highest BCUT2D eigenvalue weighted by Crippen LogP contribution is 2.27. The topological polar surface area (TPSA) is 123 Å². The van der Waals surface area contributed by atoms with Crippen LogP contribution in [0.15, 0.2) is 108 Å². The molecule has 0 aromatic heterocycles. The third kappa shape index (κ3) is 8.90. The van der Waals surface area contributed by atoms with Gasteiger partial charge >= 0.3 is 0 Å². The van der Waals surface area contributed by atoms with Gasteiger partial charge in [-0.3, -0.25) is 9.79 Å². The number of hydrogen-bond acceptors (Lipinski definition) is 4. The Morgan fingerprint density at radius 2 is 1.52 bits per heavy atom. The number of carbonyl (C=O) groups excluding carboxylic acids is 1. The molecule has 42 heavy (non-hydrogen) atoms. The van der Waals surface area contributed by atoms with Crippen molar-refractivity contribution in [2.75, 3.05) is 26.2 Å². The van der Waals surface area contributed by atoms with E-state index in [2.05, 4.69) is 84.0 Å². The molecule has 7 heteroatoms. The van der Waals surface area contributed by atoms with Gasteiger partial charge in [0.05, 0.1) is 6.04 Å². The van der Waals surface area contributed by atoms with Gasteiger partial charge in [0.2, 0.25) is 5.91 Å². The average Bonchev–Trinajstić information content (AvgIpc) is 3.17. The molecule has 1 amide bonds. The number of fused-ring (bicyclic) bond motifs is 1. The minimum absolute atomic E-state index is 0.0789. The van der Waals surface area contributed by atoms with Gasteiger partial charge in [0.1, 0.15) is 0 Å². The summed E-state index contributed by atoms with van der Waals surface area (Å²) in [6.07, 6.45) is 2.24. The van der Waals surface area contributed by atoms with Crippen molar-refractivity contribution in [2.24, 2.45) is 22.2 Å². The lowest BCUT2D eigenvalue weighted by atomic mass is 9.90. The van der Waals surface area contributed by atoms with Crippen LogP contribution in [0, 0.1) is 6.92 Å². The minimum Gasteiger partial charge on any atom is -0.370 e. The van der Waals surface area contributed by atoms with E-state index in [1.165, 1.54) is 27.5 Å². The largest absolute Gasteiger partial charge is 0.370 e. The molecule has 0 aliphatic carbocycles. The summed E-state index contributed by atoms with van der Waals surface area (Å²) in [5, 5.41) is 6.10. The van der Waals surface area contributed by atoms with Crippen molar-refractivity contribution in [2.45, 2.75) is 44.2 Å². The van der Waals surface area contributed by atoms with Gasteiger partial charge in [-0.15, -0.1) is 0 Å². The Kier molecular flexibility index (Phi) is 11.5. The number of hydrogen-bond donors (Lipinski definition) is 4. The molecule has 1 aliphatic rings. The first-order valence-corrected chi connectivity index (χ1v) is 14.8. The smallest absolute Gasteiger partial charge is 0.239 e. The monoisotopic (exact) mass is 564 g/mol. The third-order valence-corrected chi connectivity index (χ3v) is 7.74. The Bertz CT molecular complexity index is 1380. The molecule has 0 saturated carbocycles. The Hall–Kier alpha value is -4.20. The first-order valence-electron chi connectivity index (χ1n) is 14.8. The molecule has 1 saturated heterocycles. The van der Waals surface area contributed by atoms with Crippen LogP contribution in [0.4, 0.5) is 0 Å². The second-order valence-electron chi connectivity index (χ2n) is 10.9. The number of aryl methyl sites for hydroxylation is 1. The molecular weight excluding hydrogens is 520 g/mol. The summed E-state index contributed by atoms with van der Waals surface area (Å²) in [6, 6.07) is 35.5. The lowest BCUT2D eigenvalue weighted by Crippen LogP contribution is -2.48. The normalized spacial score (nSPS) is 16.9. The Morgan fingerprint density at radius 3 is 2.14 bits per heavy atom. The number of benzene rings is 4. The number of amides is 1. The second-order valence-corrected chi connectivity index (χ2v) is 10.9. The third-order valence-electron chi connectivity index (χ3n) is 7.74. The van der Waals surface area contributed by atoms with Crippen molar-refractivity contribution in [3.05, 3.63) is 120 Å². The number of aliphatic imine (C=N–C) groups is 1. The fourth-order valence-electron chi connectivity index (χ4n) is 5.46. The number of nitrogens with two attached hydrogens (primary N) is 3. The van der Waals surface area contributed by atoms with E-state index in [-0.39, 0.29) is 29.9 Å². The maximum absolute atomic E-state index is 13.5. The molecule has 0 unspecified atom stereocenters. The number of rotatable bonds is 9. The molecule has 220 valence electrons. The van der Waals surface area contributed by atoms with Gasteiger partial charge in [0.15, 0.2) is 5.96 Å². The highest BCUT2D eigenvalue weighted by atomic mass is 16.2. The summed E-state index contributed by atoms with van der Waals surface area (Å²) in [4.78, 5) is 19.5. The van der Waals surface area contributed by atoms with E-state index in [0.29, 0.717) is 32.6 Å². The fraction of sp³-hybridized carbons (Fsp3) is 0.314. The maximum atomic E-state index is 13.5. The van der Waals surface area contributed by atoms with Crippen LogP contribution >= 0.6 is 0 Å². The zero-order valence-electron chi connectivity index (χ0n) is 24.5. The van der Waals surface area contributed by atoms with E-state index in [1.807, 2.05) is 41.3 Å². The van der Waals surface area contributed by atoms with Crippen molar-refractivity contribution in [1.82, 2.24) is 10.2 Å². The molecule has 0 bridgehead atoms. The van der Waals surface area contributed by atoms with Gasteiger partial charge < -0.3 is 27.4 Å². The summed E-state index contributed by atoms with van der Waals surface area (Å²) in [6.45, 7) is 4.46. The number of carbonyl (C=O) groups is 1. The lowest BCUT2D eigenvalue weighted by molar-refractivity contribution is -0.133. The van der Waals surface area contributed by atoms with Crippen molar-refractivity contribution >= 4 is 22.6 Å². The lowest BCUT2D eigenvalue weighted by Gasteiger charge is -2.29. The zero-order valence-corrected chi connectivity index (χ0v) is 24.5. The van der Waals surface area contributed by atoms with Crippen molar-refractivity contribution in [1.29, 1.82) is 0 Å². The summed E-state index contributed by atoms with van der Waals surface area (Å²) in [7, 11) is 0. The van der Waals surface area contributed by atoms with Crippen LogP contribution in [-0.2, 0) is 4.79 Å². The molecule has 1 heterocycles. The van der Waals surface area contributed by atoms with E-state index >= 15 is 0 Å². The first-order chi connectivity index (χ1) is 20.4. The van der Waals surface area contributed by atoms with Crippen molar-refractivity contribution in [3.8, 4) is 0 Å². The summed E-state index contributed by atoms with van der Waals surface area (Å²) in [5.74, 6) is 0.316. The highest BCUT2D eigenvalue weighted by Gasteiger charge is 2.31. The first kappa shape index (κ1) is 30.8. The van der Waals surface area contributed by atoms with Gasteiger partial charge in [0.25, 0.3) is 0 Å². The fourth-order valence-corrected chi connectivity index (χ4v) is 5.46. The Morgan fingerprint density at radius 1 is 0.905 bits per heavy atom. The maximum Gasteiger partial charge on any atom is 0.239 e. The van der Waals surface area contributed by atoms with E-state index < -0.39 is 0 Å². The van der Waals surface area contributed by atoms with Crippen LogP contribution in [0.1, 0.15) is 41.9 Å². The van der Waals surface area contributed by atoms with E-state index in [1.54, 1.807) is 0 Å². The number of nitrogens with one attached hydrogen (secondary N) is 1. The predicted molar refractivity (Wildman–Crippen MR) is 174 cm³/mol. The van der Waals surface area contributed by atoms with Crippen LogP contribution in [0.3, 0.4) is 0 Å². The van der Waals surface area contributed by atoms with Crippen LogP contribution in [0.25, 0.3) is 10.8 Å². The molecule has 5 rings (SSSR count). The molecule has 4 aromatic carbocycles. The van der Waals surface area contributed by atoms with Crippen LogP contribution < -0.4 is 22.5 Å². The summed E-state index contributed by atoms with van der Waals surface area (Å²) < 4.78 is 0. The van der Waals surface area contributed by atoms with Crippen molar-refractivity contribution < 1.29 is 4.79 Å². The van der Waals surface area contributed by atoms with Crippen LogP contribution in [0.2, 0.25) is 0 Å². The van der Waals surface area contributed by atoms with Gasteiger partial charge in [-0.1, -0.05) is 109 Å². The Labute approximate surface area is 249 Å². The molecule has 7 N–H and O–H groups in total. The van der Waals surface area contributed by atoms with Gasteiger partial charge in [0, 0.05) is 38.1 Å². The summed E-state index contributed by atoms with van der Waals surface area (Å²) in [5.41, 5.74) is 20.5. The zero-order chi connectivity index (χ0) is 29.7. The Balaban J connectivity index is 0.000000305. The molecular formula is C35H44N6O. The minimum atomic E-state index is -0.280. The SMILES string of the molecule is Cc1ccc2ccccc2c1.NC[C@@H]1CCN(CC(c2ccccc2)c2ccccc2)C(=O)[C@H](CCCN=C(N)N)N1. The number of nitrogens with zero attached hydrogens (tertiary/aromatic N) is 2. The molecule has 0 radical (unpaired) electrons. The van der Waals surface area contributed by atoms with Crippen LogP contribution in [-0.4, -0.2) is 55.0 Å². The van der Waals surface area contributed by atoms with Gasteiger partial charge in [-0.25, -0.2) is 0 Å². The van der Waals surface area contributed by atoms with Gasteiger partial charge in [-0.05, 0) is 48.1 Å². The summed E-state index contributed by atoms with van der Waals surface area (Å²) >= 11 is 0. The van der Waals surface area contributed by atoms with Crippen LogP contribution in [0.5, 0.6) is 0 Å². The second kappa shape index (κ2) is 15.7. The van der Waals surface area contributed by atoms with Crippen molar-refractivity contribution in [3.63, 3.8) is 0 Å². The highest BCUT2D eigenvalue weighted by molar-refractivity contribution is 5.83. The quantitative estimate of drug-likeness (QED) is 0.135. The molecule has 1 aliphatic heterocycles. The molecule has 7 nitrogen and oxygen atoms in total. The molecule has 1 fully saturated rings. The molecule has 0 spiro atoms. The van der Waals surface area contributed by atoms with E-state index in [4.69, 9.17) is 17.2 Å². The average molecular weight is 565 g/mol. The standard InChI is InChI=1S/C24H34N6O.C11H10/c25-16-20-13-15-30(23(31)22(29-20)12-7-14-28-24(26)27)17-21(18-8-3-1-4-9-18)19-10-5-2-6-11-19;1-9-6-7-10-4-2-3-5-11(10)8-9/h1-6,8-11,20-22,29H,7,12-17,25H2,(H4,26,27,28);2-8H,1H3/t20-,22-;/m0./s1. The molecule has 2 atom stereocenters. The van der Waals surface area contributed by atoms with E-state index in [9.17, 15) is 4.79 Å².